The minimum absolute atomic E-state index is 0.0658. The van der Waals surface area contributed by atoms with Gasteiger partial charge < -0.3 is 19.7 Å². The van der Waals surface area contributed by atoms with Crippen LogP contribution in [0, 0.1) is 0 Å². The summed E-state index contributed by atoms with van der Waals surface area (Å²) in [7, 11) is -3.83. The molecule has 0 spiro atoms. The monoisotopic (exact) mass is 466 g/mol. The fraction of sp³-hybridized carbons (Fsp3) is 0.400. The summed E-state index contributed by atoms with van der Waals surface area (Å²) in [4.78, 5) is 19.1. The SMILES string of the molecule is O=C(Nc1ccc(N2CCOCC2)cn1)c1ccc(Cl)c(S(=O)(=O)N2CCOCC2)c1. The smallest absolute Gasteiger partial charge is 0.256 e. The number of rotatable bonds is 5. The first-order valence-corrected chi connectivity index (χ1v) is 11.7. The van der Waals surface area contributed by atoms with Gasteiger partial charge in [0, 0.05) is 31.7 Å². The number of hydrogen-bond donors (Lipinski definition) is 1. The normalized spacial score (nSPS) is 18.0. The zero-order chi connectivity index (χ0) is 21.8. The Hall–Kier alpha value is -2.24. The Labute approximate surface area is 186 Å². The highest BCUT2D eigenvalue weighted by Gasteiger charge is 2.29. The van der Waals surface area contributed by atoms with Crippen molar-refractivity contribution >= 4 is 39.0 Å². The van der Waals surface area contributed by atoms with Crippen molar-refractivity contribution in [1.82, 2.24) is 9.29 Å². The fourth-order valence-electron chi connectivity index (χ4n) is 3.43. The Morgan fingerprint density at radius 3 is 2.32 bits per heavy atom. The average Bonchev–Trinajstić information content (AvgIpc) is 2.81. The molecule has 0 radical (unpaired) electrons. The molecule has 1 aromatic heterocycles. The maximum Gasteiger partial charge on any atom is 0.256 e. The van der Waals surface area contributed by atoms with Crippen molar-refractivity contribution in [2.24, 2.45) is 0 Å². The molecule has 1 N–H and O–H groups in total. The third kappa shape index (κ3) is 4.99. The minimum Gasteiger partial charge on any atom is -0.379 e. The molecule has 9 nitrogen and oxygen atoms in total. The Bertz CT molecular complexity index is 1040. The third-order valence-electron chi connectivity index (χ3n) is 5.15. The number of carbonyl (C=O) groups excluding carboxylic acids is 1. The quantitative estimate of drug-likeness (QED) is 0.717. The number of amides is 1. The van der Waals surface area contributed by atoms with Gasteiger partial charge in [-0.1, -0.05) is 11.6 Å². The molecule has 2 fully saturated rings. The maximum atomic E-state index is 13.0. The molecule has 0 bridgehead atoms. The average molecular weight is 467 g/mol. The molecular formula is C20H23ClN4O5S. The second-order valence-corrected chi connectivity index (χ2v) is 9.43. The van der Waals surface area contributed by atoms with Crippen LogP contribution in [0.3, 0.4) is 0 Å². The first-order valence-electron chi connectivity index (χ1n) is 9.93. The molecule has 31 heavy (non-hydrogen) atoms. The lowest BCUT2D eigenvalue weighted by Gasteiger charge is -2.28. The van der Waals surface area contributed by atoms with Crippen molar-refractivity contribution in [3.05, 3.63) is 47.1 Å². The number of sulfonamides is 1. The van der Waals surface area contributed by atoms with Crippen LogP contribution in [-0.4, -0.2) is 76.2 Å². The predicted molar refractivity (Wildman–Crippen MR) is 116 cm³/mol. The van der Waals surface area contributed by atoms with Crippen molar-refractivity contribution in [3.8, 4) is 0 Å². The number of ether oxygens (including phenoxy) is 2. The topological polar surface area (TPSA) is 101 Å². The van der Waals surface area contributed by atoms with Crippen LogP contribution < -0.4 is 10.2 Å². The van der Waals surface area contributed by atoms with Crippen molar-refractivity contribution < 1.29 is 22.7 Å². The van der Waals surface area contributed by atoms with Crippen molar-refractivity contribution in [1.29, 1.82) is 0 Å². The van der Waals surface area contributed by atoms with E-state index in [0.717, 1.165) is 18.8 Å². The van der Waals surface area contributed by atoms with Crippen molar-refractivity contribution in [3.63, 3.8) is 0 Å². The van der Waals surface area contributed by atoms with E-state index in [0.29, 0.717) is 32.2 Å². The molecule has 0 unspecified atom stereocenters. The molecule has 0 aliphatic carbocycles. The summed E-state index contributed by atoms with van der Waals surface area (Å²) in [6.07, 6.45) is 1.69. The number of anilines is 2. The molecule has 0 saturated carbocycles. The van der Waals surface area contributed by atoms with E-state index in [1.54, 1.807) is 12.3 Å². The molecule has 2 aliphatic heterocycles. The number of hydrogen-bond acceptors (Lipinski definition) is 7. The van der Waals surface area contributed by atoms with E-state index in [1.165, 1.54) is 22.5 Å². The lowest BCUT2D eigenvalue weighted by molar-refractivity contribution is 0.0730. The second kappa shape index (κ2) is 9.49. The number of carbonyl (C=O) groups is 1. The predicted octanol–water partition coefficient (Wildman–Crippen LogP) is 1.84. The first kappa shape index (κ1) is 22.0. The van der Waals surface area contributed by atoms with Crippen LogP contribution in [0.25, 0.3) is 0 Å². The van der Waals surface area contributed by atoms with Gasteiger partial charge >= 0.3 is 0 Å². The van der Waals surface area contributed by atoms with E-state index >= 15 is 0 Å². The zero-order valence-electron chi connectivity index (χ0n) is 16.8. The summed E-state index contributed by atoms with van der Waals surface area (Å²) in [6, 6.07) is 7.79. The van der Waals surface area contributed by atoms with Gasteiger partial charge in [0.15, 0.2) is 0 Å². The summed E-state index contributed by atoms with van der Waals surface area (Å²) < 4.78 is 37.8. The highest BCUT2D eigenvalue weighted by atomic mass is 35.5. The van der Waals surface area contributed by atoms with Crippen LogP contribution in [0.1, 0.15) is 10.4 Å². The highest BCUT2D eigenvalue weighted by molar-refractivity contribution is 7.89. The van der Waals surface area contributed by atoms with Gasteiger partial charge in [-0.25, -0.2) is 13.4 Å². The molecule has 3 heterocycles. The van der Waals surface area contributed by atoms with E-state index < -0.39 is 15.9 Å². The molecule has 0 atom stereocenters. The number of nitrogens with one attached hydrogen (secondary N) is 1. The number of pyridine rings is 1. The standard InChI is InChI=1S/C20H23ClN4O5S/c21-17-3-1-15(13-18(17)31(27,28)25-7-11-30-12-8-25)20(26)23-19-4-2-16(14-22-19)24-5-9-29-10-6-24/h1-4,13-14H,5-12H2,(H,22,23,26). The highest BCUT2D eigenvalue weighted by Crippen LogP contribution is 2.27. The molecule has 11 heteroatoms. The summed E-state index contributed by atoms with van der Waals surface area (Å²) in [6.45, 7) is 4.06. The molecule has 4 rings (SSSR count). The van der Waals surface area contributed by atoms with E-state index in [9.17, 15) is 13.2 Å². The number of morpholine rings is 2. The largest absolute Gasteiger partial charge is 0.379 e. The molecular weight excluding hydrogens is 444 g/mol. The van der Waals surface area contributed by atoms with Crippen LogP contribution in [-0.2, 0) is 19.5 Å². The molecule has 1 amide bonds. The van der Waals surface area contributed by atoms with Gasteiger partial charge in [0.2, 0.25) is 10.0 Å². The van der Waals surface area contributed by atoms with Gasteiger partial charge in [0.05, 0.1) is 43.3 Å². The lowest BCUT2D eigenvalue weighted by Crippen LogP contribution is -2.40. The summed E-state index contributed by atoms with van der Waals surface area (Å²) in [5.74, 6) is -0.101. The van der Waals surface area contributed by atoms with E-state index in [-0.39, 0.29) is 28.6 Å². The molecule has 2 aliphatic rings. The number of aromatic nitrogens is 1. The molecule has 2 aromatic rings. The van der Waals surface area contributed by atoms with Crippen LogP contribution in [0.15, 0.2) is 41.4 Å². The molecule has 2 saturated heterocycles. The van der Waals surface area contributed by atoms with Crippen LogP contribution in [0.2, 0.25) is 5.02 Å². The van der Waals surface area contributed by atoms with Crippen LogP contribution in [0.5, 0.6) is 0 Å². The molecule has 166 valence electrons. The van der Waals surface area contributed by atoms with Crippen molar-refractivity contribution in [2.75, 3.05) is 62.8 Å². The second-order valence-electron chi connectivity index (χ2n) is 7.12. The number of nitrogens with zero attached hydrogens (tertiary/aromatic N) is 3. The van der Waals surface area contributed by atoms with E-state index in [1.807, 2.05) is 6.07 Å². The Morgan fingerprint density at radius 1 is 1.00 bits per heavy atom. The Kier molecular flexibility index (Phi) is 6.73. The molecule has 1 aromatic carbocycles. The van der Waals surface area contributed by atoms with Gasteiger partial charge in [0.25, 0.3) is 5.91 Å². The van der Waals surface area contributed by atoms with Gasteiger partial charge in [-0.05, 0) is 30.3 Å². The number of benzene rings is 1. The van der Waals surface area contributed by atoms with Crippen LogP contribution in [0.4, 0.5) is 11.5 Å². The van der Waals surface area contributed by atoms with Gasteiger partial charge in [-0.2, -0.15) is 4.31 Å². The summed E-state index contributed by atoms with van der Waals surface area (Å²) in [5, 5.41) is 2.77. The van der Waals surface area contributed by atoms with Gasteiger partial charge in [-0.3, -0.25) is 4.79 Å². The lowest BCUT2D eigenvalue weighted by atomic mass is 10.2. The van der Waals surface area contributed by atoms with Gasteiger partial charge in [-0.15, -0.1) is 0 Å². The van der Waals surface area contributed by atoms with E-state index in [2.05, 4.69) is 15.2 Å². The Balaban J connectivity index is 1.49. The van der Waals surface area contributed by atoms with E-state index in [4.69, 9.17) is 21.1 Å². The zero-order valence-corrected chi connectivity index (χ0v) is 18.4. The Morgan fingerprint density at radius 2 is 1.68 bits per heavy atom. The summed E-state index contributed by atoms with van der Waals surface area (Å²) in [5.41, 5.74) is 1.13. The minimum atomic E-state index is -3.83. The maximum absolute atomic E-state index is 13.0. The fourth-order valence-corrected chi connectivity index (χ4v) is 5.33. The van der Waals surface area contributed by atoms with Crippen LogP contribution >= 0.6 is 11.6 Å². The third-order valence-corrected chi connectivity index (χ3v) is 7.53. The van der Waals surface area contributed by atoms with Gasteiger partial charge in [0.1, 0.15) is 10.7 Å². The number of halogens is 1. The first-order chi connectivity index (χ1) is 14.9. The van der Waals surface area contributed by atoms with Crippen molar-refractivity contribution in [2.45, 2.75) is 4.90 Å². The summed E-state index contributed by atoms with van der Waals surface area (Å²) >= 11 is 6.16.